The largest absolute Gasteiger partial charge is 0.469 e. The summed E-state index contributed by atoms with van der Waals surface area (Å²) in [6.45, 7) is 1.17. The molecular weight excluding hydrogens is 308 g/mol. The van der Waals surface area contributed by atoms with E-state index in [1.54, 1.807) is 0 Å². The number of esters is 1. The van der Waals surface area contributed by atoms with Crippen LogP contribution in [0.3, 0.4) is 0 Å². The van der Waals surface area contributed by atoms with Crippen LogP contribution in [0.4, 0.5) is 5.95 Å². The molecule has 1 aromatic rings. The van der Waals surface area contributed by atoms with E-state index in [1.807, 2.05) is 4.90 Å². The fourth-order valence-electron chi connectivity index (χ4n) is 3.35. The number of hydrogen-bond donors (Lipinski definition) is 1. The normalized spacial score (nSPS) is 23.4. The molecule has 1 atom stereocenters. The number of rotatable bonds is 3. The number of methoxy groups -OCH3 is 1. The zero-order chi connectivity index (χ0) is 16.0. The van der Waals surface area contributed by atoms with E-state index in [1.165, 1.54) is 19.5 Å². The first-order valence-corrected chi connectivity index (χ1v) is 8.58. The quantitative estimate of drug-likeness (QED) is 0.771. The molecule has 9 heteroatoms. The smallest absolute Gasteiger partial charge is 0.311 e. The van der Waals surface area contributed by atoms with Crippen molar-refractivity contribution in [2.24, 2.45) is 16.5 Å². The van der Waals surface area contributed by atoms with Crippen LogP contribution >= 0.6 is 0 Å². The second kappa shape index (κ2) is 5.17. The number of anilines is 1. The lowest BCUT2D eigenvalue weighted by atomic mass is 9.63. The van der Waals surface area contributed by atoms with Gasteiger partial charge in [0.1, 0.15) is 4.90 Å². The number of carbonyl (C=O) groups is 1. The van der Waals surface area contributed by atoms with E-state index in [0.717, 1.165) is 19.3 Å². The van der Waals surface area contributed by atoms with Gasteiger partial charge in [-0.2, -0.15) is 0 Å². The van der Waals surface area contributed by atoms with Crippen LogP contribution in [0.5, 0.6) is 0 Å². The van der Waals surface area contributed by atoms with Gasteiger partial charge < -0.3 is 9.64 Å². The average Bonchev–Trinajstić information content (AvgIpc) is 2.86. The molecule has 1 aliphatic carbocycles. The van der Waals surface area contributed by atoms with Crippen LogP contribution in [0.15, 0.2) is 17.3 Å². The maximum atomic E-state index is 12.0. The maximum Gasteiger partial charge on any atom is 0.311 e. The predicted octanol–water partition coefficient (Wildman–Crippen LogP) is -0.0965. The lowest BCUT2D eigenvalue weighted by Gasteiger charge is -2.41. The fraction of sp³-hybridized carbons (Fsp3) is 0.615. The highest BCUT2D eigenvalue weighted by molar-refractivity contribution is 7.89. The van der Waals surface area contributed by atoms with Gasteiger partial charge in [0.2, 0.25) is 16.0 Å². The van der Waals surface area contributed by atoms with Crippen LogP contribution in [-0.4, -0.2) is 44.6 Å². The molecule has 2 heterocycles. The van der Waals surface area contributed by atoms with E-state index in [0.29, 0.717) is 19.0 Å². The van der Waals surface area contributed by atoms with Gasteiger partial charge in [-0.1, -0.05) is 6.42 Å². The highest BCUT2D eigenvalue weighted by Gasteiger charge is 2.54. The molecule has 0 radical (unpaired) electrons. The van der Waals surface area contributed by atoms with Gasteiger partial charge in [-0.05, 0) is 12.8 Å². The molecule has 22 heavy (non-hydrogen) atoms. The van der Waals surface area contributed by atoms with Crippen LogP contribution in [0.2, 0.25) is 0 Å². The minimum Gasteiger partial charge on any atom is -0.469 e. The first-order chi connectivity index (χ1) is 10.4. The molecule has 1 saturated carbocycles. The first-order valence-electron chi connectivity index (χ1n) is 7.03. The molecule has 2 aliphatic rings. The third kappa shape index (κ3) is 2.44. The zero-order valence-corrected chi connectivity index (χ0v) is 13.0. The number of hydrogen-bond acceptors (Lipinski definition) is 7. The van der Waals surface area contributed by atoms with Crippen LogP contribution < -0.4 is 10.0 Å². The molecule has 120 valence electrons. The van der Waals surface area contributed by atoms with Gasteiger partial charge in [-0.15, -0.1) is 0 Å². The summed E-state index contributed by atoms with van der Waals surface area (Å²) in [5, 5.41) is 5.03. The first kappa shape index (κ1) is 15.2. The number of nitrogens with zero attached hydrogens (tertiary/aromatic N) is 3. The van der Waals surface area contributed by atoms with Gasteiger partial charge in [0.05, 0.1) is 25.4 Å². The highest BCUT2D eigenvalue weighted by Crippen LogP contribution is 2.52. The molecule has 1 aromatic heterocycles. The molecule has 1 unspecified atom stereocenters. The summed E-state index contributed by atoms with van der Waals surface area (Å²) < 4.78 is 27.4. The maximum absolute atomic E-state index is 12.0. The van der Waals surface area contributed by atoms with Gasteiger partial charge >= 0.3 is 5.97 Å². The SMILES string of the molecule is COC(=O)C1CN(c2ncc(S(N)(=O)=O)cn2)CC12CCC2. The van der Waals surface area contributed by atoms with Crippen molar-refractivity contribution in [1.29, 1.82) is 0 Å². The van der Waals surface area contributed by atoms with Crippen molar-refractivity contribution in [2.75, 3.05) is 25.1 Å². The third-order valence-electron chi connectivity index (χ3n) is 4.71. The molecule has 1 spiro atoms. The lowest BCUT2D eigenvalue weighted by Crippen LogP contribution is -2.41. The Kier molecular flexibility index (Phi) is 3.56. The van der Waals surface area contributed by atoms with Gasteiger partial charge in [0, 0.05) is 18.5 Å². The fourth-order valence-corrected chi connectivity index (χ4v) is 3.74. The number of ether oxygens (including phenoxy) is 1. The van der Waals surface area contributed by atoms with E-state index in [9.17, 15) is 13.2 Å². The van der Waals surface area contributed by atoms with E-state index >= 15 is 0 Å². The summed E-state index contributed by atoms with van der Waals surface area (Å²) in [4.78, 5) is 21.9. The van der Waals surface area contributed by atoms with E-state index in [2.05, 4.69) is 9.97 Å². The number of primary sulfonamides is 1. The molecule has 8 nitrogen and oxygen atoms in total. The Morgan fingerprint density at radius 2 is 2.05 bits per heavy atom. The lowest BCUT2D eigenvalue weighted by molar-refractivity contribution is -0.150. The minimum atomic E-state index is -3.81. The minimum absolute atomic E-state index is 0.0604. The molecule has 0 bridgehead atoms. The van der Waals surface area contributed by atoms with Crippen LogP contribution in [0.1, 0.15) is 19.3 Å². The molecule has 2 fully saturated rings. The van der Waals surface area contributed by atoms with Crippen LogP contribution in [-0.2, 0) is 19.6 Å². The number of sulfonamides is 1. The van der Waals surface area contributed by atoms with Gasteiger partial charge in [0.15, 0.2) is 0 Å². The third-order valence-corrected chi connectivity index (χ3v) is 5.58. The van der Waals surface area contributed by atoms with Gasteiger partial charge in [0.25, 0.3) is 0 Å². The van der Waals surface area contributed by atoms with Crippen molar-refractivity contribution >= 4 is 21.9 Å². The van der Waals surface area contributed by atoms with Crippen LogP contribution in [0.25, 0.3) is 0 Å². The second-order valence-corrected chi connectivity index (χ2v) is 7.50. The standard InChI is InChI=1S/C13H18N4O4S/c1-21-11(18)10-7-17(8-13(10)3-2-4-13)12-15-5-9(6-16-12)22(14,19)20/h5-6,10H,2-4,7-8H2,1H3,(H2,14,19,20). The second-order valence-electron chi connectivity index (χ2n) is 5.94. The van der Waals surface area contributed by atoms with E-state index in [4.69, 9.17) is 9.88 Å². The number of nitrogens with two attached hydrogens (primary N) is 1. The van der Waals surface area contributed by atoms with Gasteiger partial charge in [-0.25, -0.2) is 23.5 Å². The molecule has 2 N–H and O–H groups in total. The summed E-state index contributed by atoms with van der Waals surface area (Å²) in [5.41, 5.74) is -0.0604. The van der Waals surface area contributed by atoms with Crippen molar-refractivity contribution in [3.05, 3.63) is 12.4 Å². The number of carbonyl (C=O) groups excluding carboxylic acids is 1. The highest BCUT2D eigenvalue weighted by atomic mass is 32.2. The average molecular weight is 326 g/mol. The molecule has 1 saturated heterocycles. The Balaban J connectivity index is 1.83. The molecule has 0 aromatic carbocycles. The van der Waals surface area contributed by atoms with Crippen molar-refractivity contribution in [1.82, 2.24) is 9.97 Å². The summed E-state index contributed by atoms with van der Waals surface area (Å²) in [6, 6.07) is 0. The summed E-state index contributed by atoms with van der Waals surface area (Å²) >= 11 is 0. The number of aromatic nitrogens is 2. The molecule has 0 amide bonds. The summed E-state index contributed by atoms with van der Waals surface area (Å²) in [5.74, 6) is 0.0150. The van der Waals surface area contributed by atoms with Crippen molar-refractivity contribution < 1.29 is 17.9 Å². The van der Waals surface area contributed by atoms with E-state index in [-0.39, 0.29) is 22.2 Å². The Hall–Kier alpha value is -1.74. The summed E-state index contributed by atoms with van der Waals surface area (Å²) in [6.07, 6.45) is 5.46. The van der Waals surface area contributed by atoms with Crippen molar-refractivity contribution in [3.63, 3.8) is 0 Å². The van der Waals surface area contributed by atoms with Gasteiger partial charge in [-0.3, -0.25) is 4.79 Å². The Labute approximate surface area is 128 Å². The van der Waals surface area contributed by atoms with Crippen molar-refractivity contribution in [3.8, 4) is 0 Å². The molecule has 1 aliphatic heterocycles. The summed E-state index contributed by atoms with van der Waals surface area (Å²) in [7, 11) is -2.41. The monoisotopic (exact) mass is 326 g/mol. The Bertz CT molecular complexity index is 684. The topological polar surface area (TPSA) is 115 Å². The molecule has 3 rings (SSSR count). The zero-order valence-electron chi connectivity index (χ0n) is 12.2. The molecular formula is C13H18N4O4S. The Morgan fingerprint density at radius 3 is 2.50 bits per heavy atom. The van der Waals surface area contributed by atoms with Crippen molar-refractivity contribution in [2.45, 2.75) is 24.2 Å². The van der Waals surface area contributed by atoms with Crippen LogP contribution in [0, 0.1) is 11.3 Å². The Morgan fingerprint density at radius 1 is 1.41 bits per heavy atom. The van der Waals surface area contributed by atoms with E-state index < -0.39 is 10.0 Å². The predicted molar refractivity (Wildman–Crippen MR) is 77.4 cm³/mol.